The minimum absolute atomic E-state index is 0.0694. The minimum Gasteiger partial charge on any atom is -0.507 e. The molecular formula is C9H10N2O3. The molecule has 0 radical (unpaired) electrons. The summed E-state index contributed by atoms with van der Waals surface area (Å²) in [5, 5.41) is 11.7. The van der Waals surface area contributed by atoms with Crippen molar-refractivity contribution in [2.45, 2.75) is 0 Å². The van der Waals surface area contributed by atoms with Gasteiger partial charge in [-0.2, -0.15) is 0 Å². The highest BCUT2D eigenvalue weighted by Crippen LogP contribution is 2.20. The number of rotatable bonds is 2. The van der Waals surface area contributed by atoms with Crippen LogP contribution in [0, 0.1) is 0 Å². The molecule has 0 aliphatic rings. The molecule has 5 nitrogen and oxygen atoms in total. The zero-order chi connectivity index (χ0) is 10.7. The Kier molecular flexibility index (Phi) is 2.71. The van der Waals surface area contributed by atoms with E-state index in [4.69, 9.17) is 5.73 Å². The molecule has 14 heavy (non-hydrogen) atoms. The van der Waals surface area contributed by atoms with E-state index in [0.29, 0.717) is 0 Å². The van der Waals surface area contributed by atoms with E-state index in [1.165, 1.54) is 25.2 Å². The van der Waals surface area contributed by atoms with Crippen LogP contribution in [0.15, 0.2) is 18.2 Å². The number of hydrogen-bond donors (Lipinski definition) is 3. The monoisotopic (exact) mass is 194 g/mol. The summed E-state index contributed by atoms with van der Waals surface area (Å²) >= 11 is 0. The van der Waals surface area contributed by atoms with Crippen molar-refractivity contribution in [2.75, 3.05) is 7.05 Å². The first-order valence-electron chi connectivity index (χ1n) is 3.91. The van der Waals surface area contributed by atoms with Gasteiger partial charge in [-0.15, -0.1) is 0 Å². The molecule has 0 saturated heterocycles. The van der Waals surface area contributed by atoms with Crippen molar-refractivity contribution in [3.63, 3.8) is 0 Å². The maximum absolute atomic E-state index is 11.3. The van der Waals surface area contributed by atoms with Gasteiger partial charge in [-0.3, -0.25) is 9.59 Å². The third kappa shape index (κ3) is 1.66. The quantitative estimate of drug-likeness (QED) is 0.611. The Labute approximate surface area is 80.5 Å². The van der Waals surface area contributed by atoms with Gasteiger partial charge in [0.2, 0.25) is 0 Å². The highest BCUT2D eigenvalue weighted by Gasteiger charge is 2.17. The Morgan fingerprint density at radius 2 is 2.07 bits per heavy atom. The van der Waals surface area contributed by atoms with Gasteiger partial charge in [0.05, 0.1) is 11.1 Å². The fourth-order valence-electron chi connectivity index (χ4n) is 1.12. The van der Waals surface area contributed by atoms with Crippen molar-refractivity contribution in [3.8, 4) is 5.75 Å². The Morgan fingerprint density at radius 1 is 1.43 bits per heavy atom. The van der Waals surface area contributed by atoms with Crippen molar-refractivity contribution in [1.29, 1.82) is 0 Å². The van der Waals surface area contributed by atoms with Gasteiger partial charge in [-0.05, 0) is 12.1 Å². The second kappa shape index (κ2) is 3.78. The van der Waals surface area contributed by atoms with Crippen LogP contribution < -0.4 is 11.1 Å². The number of carbonyl (C=O) groups is 2. The van der Waals surface area contributed by atoms with E-state index in [9.17, 15) is 14.7 Å². The fraction of sp³-hybridized carbons (Fsp3) is 0.111. The van der Waals surface area contributed by atoms with Crippen LogP contribution in [0.2, 0.25) is 0 Å². The van der Waals surface area contributed by atoms with Crippen LogP contribution in [0.5, 0.6) is 5.75 Å². The molecule has 0 fully saturated rings. The molecule has 5 heteroatoms. The lowest BCUT2D eigenvalue weighted by atomic mass is 10.1. The average molecular weight is 194 g/mol. The van der Waals surface area contributed by atoms with E-state index in [-0.39, 0.29) is 16.9 Å². The maximum Gasteiger partial charge on any atom is 0.253 e. The predicted molar refractivity (Wildman–Crippen MR) is 50.0 cm³/mol. The van der Waals surface area contributed by atoms with Crippen molar-refractivity contribution >= 4 is 11.8 Å². The zero-order valence-corrected chi connectivity index (χ0v) is 7.57. The molecule has 0 atom stereocenters. The molecule has 1 rings (SSSR count). The molecule has 0 bridgehead atoms. The van der Waals surface area contributed by atoms with Gasteiger partial charge in [-0.1, -0.05) is 6.07 Å². The third-order valence-electron chi connectivity index (χ3n) is 1.76. The summed E-state index contributed by atoms with van der Waals surface area (Å²) in [5.74, 6) is -1.59. The van der Waals surface area contributed by atoms with Crippen molar-refractivity contribution in [2.24, 2.45) is 5.73 Å². The molecular weight excluding hydrogens is 184 g/mol. The molecule has 0 aliphatic carbocycles. The Morgan fingerprint density at radius 3 is 2.57 bits per heavy atom. The standard InChI is InChI=1S/C9H10N2O3/c1-11-9(14)5-3-2-4-6(12)7(5)8(10)13/h2-4,12H,1H3,(H2,10,13)(H,11,14). The van der Waals surface area contributed by atoms with Gasteiger partial charge in [0.15, 0.2) is 0 Å². The summed E-state index contributed by atoms with van der Waals surface area (Å²) in [6.07, 6.45) is 0. The molecule has 0 aromatic heterocycles. The normalized spacial score (nSPS) is 9.50. The predicted octanol–water partition coefficient (Wildman–Crippen LogP) is -0.149. The van der Waals surface area contributed by atoms with E-state index >= 15 is 0 Å². The number of amides is 2. The number of nitrogens with one attached hydrogen (secondary N) is 1. The summed E-state index contributed by atoms with van der Waals surface area (Å²) in [6.45, 7) is 0. The maximum atomic E-state index is 11.3. The van der Waals surface area contributed by atoms with E-state index in [0.717, 1.165) is 0 Å². The number of primary amides is 1. The van der Waals surface area contributed by atoms with E-state index in [2.05, 4.69) is 5.32 Å². The van der Waals surface area contributed by atoms with E-state index in [1.807, 2.05) is 0 Å². The molecule has 1 aromatic carbocycles. The van der Waals surface area contributed by atoms with Gasteiger partial charge in [0.1, 0.15) is 5.75 Å². The lowest BCUT2D eigenvalue weighted by Crippen LogP contribution is -2.23. The van der Waals surface area contributed by atoms with Crippen molar-refractivity contribution < 1.29 is 14.7 Å². The summed E-state index contributed by atoms with van der Waals surface area (Å²) in [6, 6.07) is 4.18. The fourth-order valence-corrected chi connectivity index (χ4v) is 1.12. The number of nitrogens with two attached hydrogens (primary N) is 1. The first-order chi connectivity index (χ1) is 6.57. The Hall–Kier alpha value is -2.04. The Bertz CT molecular complexity index is 388. The Balaban J connectivity index is 3.35. The van der Waals surface area contributed by atoms with E-state index < -0.39 is 11.8 Å². The largest absolute Gasteiger partial charge is 0.507 e. The number of phenols is 1. The molecule has 0 spiro atoms. The summed E-state index contributed by atoms with van der Waals surface area (Å²) in [4.78, 5) is 22.2. The van der Waals surface area contributed by atoms with E-state index in [1.54, 1.807) is 0 Å². The molecule has 4 N–H and O–H groups in total. The van der Waals surface area contributed by atoms with Crippen molar-refractivity contribution in [3.05, 3.63) is 29.3 Å². The second-order valence-electron chi connectivity index (χ2n) is 2.64. The van der Waals surface area contributed by atoms with Gasteiger partial charge in [-0.25, -0.2) is 0 Å². The van der Waals surface area contributed by atoms with Crippen LogP contribution in [0.25, 0.3) is 0 Å². The SMILES string of the molecule is CNC(=O)c1cccc(O)c1C(N)=O. The smallest absolute Gasteiger partial charge is 0.253 e. The van der Waals surface area contributed by atoms with Crippen LogP contribution >= 0.6 is 0 Å². The van der Waals surface area contributed by atoms with Gasteiger partial charge in [0.25, 0.3) is 11.8 Å². The molecule has 74 valence electrons. The van der Waals surface area contributed by atoms with Crippen LogP contribution in [-0.4, -0.2) is 24.0 Å². The minimum atomic E-state index is -0.832. The molecule has 0 heterocycles. The first-order valence-corrected chi connectivity index (χ1v) is 3.91. The van der Waals surface area contributed by atoms with Gasteiger partial charge >= 0.3 is 0 Å². The average Bonchev–Trinajstić information content (AvgIpc) is 2.15. The molecule has 2 amide bonds. The highest BCUT2D eigenvalue weighted by molar-refractivity contribution is 6.08. The third-order valence-corrected chi connectivity index (χ3v) is 1.76. The number of aromatic hydroxyl groups is 1. The molecule has 0 unspecified atom stereocenters. The van der Waals surface area contributed by atoms with Crippen molar-refractivity contribution in [1.82, 2.24) is 5.32 Å². The van der Waals surface area contributed by atoms with Crippen LogP contribution in [0.1, 0.15) is 20.7 Å². The first kappa shape index (κ1) is 10.0. The number of carbonyl (C=O) groups excluding carboxylic acids is 2. The summed E-state index contributed by atoms with van der Waals surface area (Å²) in [7, 11) is 1.43. The van der Waals surface area contributed by atoms with Gasteiger partial charge in [0, 0.05) is 7.05 Å². The topological polar surface area (TPSA) is 92.4 Å². The number of hydrogen-bond acceptors (Lipinski definition) is 3. The summed E-state index contributed by atoms with van der Waals surface area (Å²) < 4.78 is 0. The highest BCUT2D eigenvalue weighted by atomic mass is 16.3. The molecule has 0 aliphatic heterocycles. The second-order valence-corrected chi connectivity index (χ2v) is 2.64. The van der Waals surface area contributed by atoms with Crippen LogP contribution in [0.3, 0.4) is 0 Å². The molecule has 0 saturated carbocycles. The summed E-state index contributed by atoms with van der Waals surface area (Å²) in [5.41, 5.74) is 4.94. The number of benzene rings is 1. The van der Waals surface area contributed by atoms with Crippen LogP contribution in [0.4, 0.5) is 0 Å². The lowest BCUT2D eigenvalue weighted by molar-refractivity contribution is 0.0941. The zero-order valence-electron chi connectivity index (χ0n) is 7.57. The lowest BCUT2D eigenvalue weighted by Gasteiger charge is -2.06. The van der Waals surface area contributed by atoms with Crippen LogP contribution in [-0.2, 0) is 0 Å². The molecule has 1 aromatic rings. The van der Waals surface area contributed by atoms with Gasteiger partial charge < -0.3 is 16.2 Å².